The van der Waals surface area contributed by atoms with Gasteiger partial charge in [-0.05, 0) is 30.3 Å². The molecule has 30 heavy (non-hydrogen) atoms. The largest absolute Gasteiger partial charge is 0.320 e. The van der Waals surface area contributed by atoms with Crippen LogP contribution < -0.4 is 5.32 Å². The van der Waals surface area contributed by atoms with Gasteiger partial charge in [0, 0.05) is 35.3 Å². The van der Waals surface area contributed by atoms with Gasteiger partial charge in [-0.25, -0.2) is 4.68 Å². The normalized spacial score (nSPS) is 14.3. The van der Waals surface area contributed by atoms with E-state index >= 15 is 0 Å². The Labute approximate surface area is 172 Å². The van der Waals surface area contributed by atoms with E-state index in [9.17, 15) is 4.79 Å². The molecule has 7 nitrogen and oxygen atoms in total. The van der Waals surface area contributed by atoms with Crippen LogP contribution in [0.2, 0.25) is 0 Å². The number of rotatable bonds is 4. The monoisotopic (exact) mass is 392 g/mol. The van der Waals surface area contributed by atoms with E-state index in [4.69, 9.17) is 5.10 Å². The molecule has 0 unspecified atom stereocenters. The number of aromatic nitrogens is 3. The number of fused-ring (bicyclic) bond motifs is 1. The van der Waals surface area contributed by atoms with Gasteiger partial charge in [0.15, 0.2) is 5.71 Å². The molecule has 1 aliphatic heterocycles. The summed E-state index contributed by atoms with van der Waals surface area (Å²) >= 11 is 0. The molecule has 1 N–H and O–H groups in total. The second-order valence-electron chi connectivity index (χ2n) is 6.65. The minimum Gasteiger partial charge on any atom is -0.320 e. The van der Waals surface area contributed by atoms with E-state index in [0.717, 1.165) is 33.8 Å². The molecule has 4 aromatic rings. The molecule has 144 valence electrons. The Morgan fingerprint density at radius 2 is 1.80 bits per heavy atom. The van der Waals surface area contributed by atoms with Crippen molar-refractivity contribution >= 4 is 23.5 Å². The maximum atomic E-state index is 12.2. The maximum Gasteiger partial charge on any atom is 0.276 e. The number of benzene rings is 2. The topological polar surface area (TPSA) is 84.5 Å². The Morgan fingerprint density at radius 1 is 0.967 bits per heavy atom. The van der Waals surface area contributed by atoms with Gasteiger partial charge in [-0.1, -0.05) is 36.4 Å². The van der Waals surface area contributed by atoms with Crippen molar-refractivity contribution in [2.24, 2.45) is 10.2 Å². The zero-order valence-electron chi connectivity index (χ0n) is 15.8. The van der Waals surface area contributed by atoms with E-state index in [0.29, 0.717) is 5.71 Å². The van der Waals surface area contributed by atoms with Crippen molar-refractivity contribution in [2.45, 2.75) is 0 Å². The van der Waals surface area contributed by atoms with E-state index in [-0.39, 0.29) is 5.91 Å². The van der Waals surface area contributed by atoms with Gasteiger partial charge in [0.1, 0.15) is 5.69 Å². The molecule has 0 atom stereocenters. The first-order chi connectivity index (χ1) is 14.8. The smallest absolute Gasteiger partial charge is 0.276 e. The molecule has 5 rings (SSSR count). The number of para-hydroxylation sites is 2. The summed E-state index contributed by atoms with van der Waals surface area (Å²) < 4.78 is 1.79. The summed E-state index contributed by atoms with van der Waals surface area (Å²) in [5.41, 5.74) is 5.06. The summed E-state index contributed by atoms with van der Waals surface area (Å²) in [4.78, 5) is 16.4. The Hall–Kier alpha value is -4.39. The number of carbonyl (C=O) groups is 1. The van der Waals surface area contributed by atoms with E-state index in [1.165, 1.54) is 0 Å². The molecule has 0 saturated heterocycles. The minimum atomic E-state index is -0.263. The van der Waals surface area contributed by atoms with E-state index in [1.807, 2.05) is 72.9 Å². The lowest BCUT2D eigenvalue weighted by molar-refractivity contribution is -0.110. The first-order valence-electron chi connectivity index (χ1n) is 9.37. The Balaban J connectivity index is 1.54. The summed E-state index contributed by atoms with van der Waals surface area (Å²) in [6.45, 7) is 0. The number of nitrogens with one attached hydrogen (secondary N) is 1. The number of anilines is 1. The highest BCUT2D eigenvalue weighted by Gasteiger charge is 2.25. The van der Waals surface area contributed by atoms with E-state index < -0.39 is 0 Å². The van der Waals surface area contributed by atoms with Crippen molar-refractivity contribution in [1.82, 2.24) is 14.8 Å². The fraction of sp³-hybridized carbons (Fsp3) is 0. The summed E-state index contributed by atoms with van der Waals surface area (Å²) in [6, 6.07) is 21.0. The van der Waals surface area contributed by atoms with Crippen molar-refractivity contribution < 1.29 is 4.79 Å². The lowest BCUT2D eigenvalue weighted by Gasteiger charge is -1.99. The van der Waals surface area contributed by atoms with Crippen LogP contribution in [0.25, 0.3) is 16.9 Å². The quantitative estimate of drug-likeness (QED) is 0.424. The SMILES string of the molecule is O=C1Nc2ccccc2/C1=N\N=C\c1cn(-c2ccccc2)nc1-c1cccnc1. The molecule has 0 radical (unpaired) electrons. The zero-order valence-corrected chi connectivity index (χ0v) is 15.8. The molecule has 2 aromatic heterocycles. The third kappa shape index (κ3) is 3.29. The van der Waals surface area contributed by atoms with Gasteiger partial charge in [-0.3, -0.25) is 9.78 Å². The molecule has 1 amide bonds. The molecule has 0 bridgehead atoms. The Bertz CT molecular complexity index is 1280. The van der Waals surface area contributed by atoms with Gasteiger partial charge < -0.3 is 5.32 Å². The highest BCUT2D eigenvalue weighted by molar-refractivity contribution is 6.53. The summed E-state index contributed by atoms with van der Waals surface area (Å²) in [7, 11) is 0. The number of hydrogen-bond donors (Lipinski definition) is 1. The number of pyridine rings is 1. The summed E-state index contributed by atoms with van der Waals surface area (Å²) in [5, 5.41) is 15.9. The molecular weight excluding hydrogens is 376 g/mol. The predicted molar refractivity (Wildman–Crippen MR) is 116 cm³/mol. The number of amides is 1. The van der Waals surface area contributed by atoms with Crippen LogP contribution in [-0.4, -0.2) is 32.6 Å². The highest BCUT2D eigenvalue weighted by Crippen LogP contribution is 2.24. The van der Waals surface area contributed by atoms with Crippen molar-refractivity contribution in [3.05, 3.63) is 96.4 Å². The van der Waals surface area contributed by atoms with Crippen molar-refractivity contribution in [1.29, 1.82) is 0 Å². The fourth-order valence-corrected chi connectivity index (χ4v) is 3.27. The first-order valence-corrected chi connectivity index (χ1v) is 9.37. The van der Waals surface area contributed by atoms with Crippen LogP contribution in [0.3, 0.4) is 0 Å². The molecule has 7 heteroatoms. The molecule has 0 saturated carbocycles. The zero-order chi connectivity index (χ0) is 20.3. The van der Waals surface area contributed by atoms with Gasteiger partial charge in [0.25, 0.3) is 5.91 Å². The van der Waals surface area contributed by atoms with Gasteiger partial charge in [0.2, 0.25) is 0 Å². The number of carbonyl (C=O) groups excluding carboxylic acids is 1. The summed E-state index contributed by atoms with van der Waals surface area (Å²) in [6.07, 6.45) is 6.95. The Kier molecular flexibility index (Phi) is 4.46. The van der Waals surface area contributed by atoms with Crippen LogP contribution in [0.5, 0.6) is 0 Å². The third-order valence-corrected chi connectivity index (χ3v) is 4.70. The molecule has 0 spiro atoms. The molecule has 3 heterocycles. The average Bonchev–Trinajstić information content (AvgIpc) is 3.36. The highest BCUT2D eigenvalue weighted by atomic mass is 16.2. The summed E-state index contributed by atoms with van der Waals surface area (Å²) in [5.74, 6) is -0.263. The minimum absolute atomic E-state index is 0.263. The van der Waals surface area contributed by atoms with Crippen LogP contribution in [0, 0.1) is 0 Å². The van der Waals surface area contributed by atoms with Crippen LogP contribution in [0.15, 0.2) is 95.5 Å². The average molecular weight is 392 g/mol. The van der Waals surface area contributed by atoms with Crippen LogP contribution in [0.4, 0.5) is 5.69 Å². The van der Waals surface area contributed by atoms with Gasteiger partial charge in [0.05, 0.1) is 17.6 Å². The lowest BCUT2D eigenvalue weighted by atomic mass is 10.1. The third-order valence-electron chi connectivity index (χ3n) is 4.70. The number of hydrogen-bond acceptors (Lipinski definition) is 5. The number of nitrogens with zero attached hydrogens (tertiary/aromatic N) is 5. The lowest BCUT2D eigenvalue weighted by Crippen LogP contribution is -2.13. The molecule has 1 aliphatic rings. The maximum absolute atomic E-state index is 12.2. The van der Waals surface area contributed by atoms with Crippen LogP contribution in [-0.2, 0) is 4.79 Å². The van der Waals surface area contributed by atoms with Crippen molar-refractivity contribution in [2.75, 3.05) is 5.32 Å². The van der Waals surface area contributed by atoms with Gasteiger partial charge in [-0.2, -0.15) is 10.2 Å². The standard InChI is InChI=1S/C23H16N6O/c30-23-22(19-10-4-5-11-20(19)26-23)27-25-14-17-15-29(18-8-2-1-3-9-18)28-21(17)16-7-6-12-24-13-16/h1-15H,(H,26,27,30)/b25-14+. The molecular formula is C23H16N6O. The van der Waals surface area contributed by atoms with Crippen molar-refractivity contribution in [3.8, 4) is 16.9 Å². The van der Waals surface area contributed by atoms with E-state index in [1.54, 1.807) is 23.3 Å². The Morgan fingerprint density at radius 3 is 2.63 bits per heavy atom. The first kappa shape index (κ1) is 17.7. The second-order valence-corrected chi connectivity index (χ2v) is 6.65. The molecule has 2 aromatic carbocycles. The second kappa shape index (κ2) is 7.56. The van der Waals surface area contributed by atoms with Crippen LogP contribution in [0.1, 0.15) is 11.1 Å². The fourth-order valence-electron chi connectivity index (χ4n) is 3.27. The molecule has 0 aliphatic carbocycles. The van der Waals surface area contributed by atoms with E-state index in [2.05, 4.69) is 20.5 Å². The van der Waals surface area contributed by atoms with Gasteiger partial charge >= 0.3 is 0 Å². The van der Waals surface area contributed by atoms with Crippen molar-refractivity contribution in [3.63, 3.8) is 0 Å². The van der Waals surface area contributed by atoms with Gasteiger partial charge in [-0.15, -0.1) is 5.10 Å². The predicted octanol–water partition coefficient (Wildman–Crippen LogP) is 3.71. The van der Waals surface area contributed by atoms with Crippen LogP contribution >= 0.6 is 0 Å². The molecule has 0 fully saturated rings.